The minimum Gasteiger partial charge on any atom is -0.480 e. The molecule has 2 atom stereocenters. The minimum absolute atomic E-state index is 0.00229. The molecule has 10 nitrogen and oxygen atoms in total. The molecule has 0 radical (unpaired) electrons. The second-order valence-electron chi connectivity index (χ2n) is 4.87. The quantitative estimate of drug-likeness (QED) is 0.201. The van der Waals surface area contributed by atoms with Gasteiger partial charge in [0.15, 0.2) is 0 Å². The number of hydrogen-bond donors (Lipinski definition) is 6. The monoisotopic (exact) mass is 365 g/mol. The van der Waals surface area contributed by atoms with E-state index < -0.39 is 42.4 Å². The summed E-state index contributed by atoms with van der Waals surface area (Å²) in [6, 6.07) is -2.13. The summed E-state index contributed by atoms with van der Waals surface area (Å²) in [5.41, 5.74) is 5.30. The predicted molar refractivity (Wildman–Crippen MR) is 86.4 cm³/mol. The molecular formula is C13H23N3O7S. The average molecular weight is 365 g/mol. The van der Waals surface area contributed by atoms with Gasteiger partial charge in [0.1, 0.15) is 18.6 Å². The summed E-state index contributed by atoms with van der Waals surface area (Å²) >= 11 is 1.32. The first kappa shape index (κ1) is 22.1. The topological polar surface area (TPSA) is 179 Å². The van der Waals surface area contributed by atoms with Crippen LogP contribution in [0.2, 0.25) is 0 Å². The lowest BCUT2D eigenvalue weighted by molar-refractivity contribution is -0.139. The van der Waals surface area contributed by atoms with E-state index in [4.69, 9.17) is 21.1 Å². The van der Waals surface area contributed by atoms with Crippen molar-refractivity contribution in [1.29, 1.82) is 0 Å². The van der Waals surface area contributed by atoms with Gasteiger partial charge in [-0.3, -0.25) is 19.2 Å². The first-order chi connectivity index (χ1) is 11.3. The van der Waals surface area contributed by atoms with E-state index in [2.05, 4.69) is 10.6 Å². The van der Waals surface area contributed by atoms with Gasteiger partial charge in [0.05, 0.1) is 0 Å². The Labute approximate surface area is 143 Å². The molecule has 0 aliphatic heterocycles. The molecule has 7 N–H and O–H groups in total. The number of carboxylic acids is 2. The van der Waals surface area contributed by atoms with Gasteiger partial charge in [0.2, 0.25) is 11.8 Å². The van der Waals surface area contributed by atoms with Crippen molar-refractivity contribution in [3.8, 4) is 0 Å². The van der Waals surface area contributed by atoms with E-state index in [1.165, 1.54) is 11.8 Å². The van der Waals surface area contributed by atoms with Crippen LogP contribution >= 0.6 is 11.8 Å². The number of aliphatic hydroxyl groups is 1. The minimum atomic E-state index is -1.22. The van der Waals surface area contributed by atoms with Gasteiger partial charge in [-0.25, -0.2) is 0 Å². The van der Waals surface area contributed by atoms with Crippen LogP contribution in [0.4, 0.5) is 0 Å². The summed E-state index contributed by atoms with van der Waals surface area (Å²) < 4.78 is 0. The SMILES string of the molecule is NC(CCC(=O)NC(CSCCCO)C(=O)NCC(=O)O)C(=O)O. The third-order valence-electron chi connectivity index (χ3n) is 2.80. The molecule has 0 bridgehead atoms. The lowest BCUT2D eigenvalue weighted by atomic mass is 10.1. The Morgan fingerprint density at radius 1 is 1.17 bits per heavy atom. The number of carboxylic acid groups (broad SMARTS) is 2. The Morgan fingerprint density at radius 2 is 1.83 bits per heavy atom. The number of carbonyl (C=O) groups excluding carboxylic acids is 2. The summed E-state index contributed by atoms with van der Waals surface area (Å²) in [4.78, 5) is 44.8. The summed E-state index contributed by atoms with van der Waals surface area (Å²) in [5, 5.41) is 30.5. The van der Waals surface area contributed by atoms with Gasteiger partial charge in [0.25, 0.3) is 0 Å². The molecule has 0 aromatic carbocycles. The van der Waals surface area contributed by atoms with Crippen molar-refractivity contribution in [3.63, 3.8) is 0 Å². The molecule has 2 amide bonds. The number of rotatable bonds is 13. The third kappa shape index (κ3) is 10.8. The fourth-order valence-electron chi connectivity index (χ4n) is 1.51. The Morgan fingerprint density at radius 3 is 2.38 bits per heavy atom. The molecule has 0 aliphatic rings. The molecule has 0 spiro atoms. The number of nitrogens with two attached hydrogens (primary N) is 1. The molecule has 0 saturated carbocycles. The van der Waals surface area contributed by atoms with Crippen LogP contribution in [0.3, 0.4) is 0 Å². The Bertz CT molecular complexity index is 447. The summed E-state index contributed by atoms with van der Waals surface area (Å²) in [6.07, 6.45) is 0.273. The highest BCUT2D eigenvalue weighted by molar-refractivity contribution is 7.99. The zero-order valence-corrected chi connectivity index (χ0v) is 13.9. The molecule has 0 saturated heterocycles. The number of amides is 2. The molecule has 0 aromatic rings. The van der Waals surface area contributed by atoms with Crippen LogP contribution in [-0.2, 0) is 19.2 Å². The molecule has 138 valence electrons. The fourth-order valence-corrected chi connectivity index (χ4v) is 2.48. The first-order valence-electron chi connectivity index (χ1n) is 7.23. The van der Waals surface area contributed by atoms with Gasteiger partial charge in [-0.2, -0.15) is 11.8 Å². The normalized spacial score (nSPS) is 12.9. The fraction of sp³-hybridized carbons (Fsp3) is 0.692. The van der Waals surface area contributed by atoms with Crippen LogP contribution in [0.15, 0.2) is 0 Å². The maximum Gasteiger partial charge on any atom is 0.322 e. The second-order valence-corrected chi connectivity index (χ2v) is 6.02. The maximum absolute atomic E-state index is 11.9. The molecule has 24 heavy (non-hydrogen) atoms. The standard InChI is InChI=1S/C13H23N3O7S/c14-8(13(22)23)2-3-10(18)16-9(7-24-5-1-4-17)12(21)15-6-11(19)20/h8-9,17H,1-7,14H2,(H,15,21)(H,16,18)(H,19,20)(H,22,23). The van der Waals surface area contributed by atoms with Crippen LogP contribution in [0, 0.1) is 0 Å². The van der Waals surface area contributed by atoms with Crippen LogP contribution in [0.25, 0.3) is 0 Å². The molecule has 2 unspecified atom stereocenters. The number of aliphatic hydroxyl groups excluding tert-OH is 1. The van der Waals surface area contributed by atoms with Gasteiger partial charge in [-0.15, -0.1) is 0 Å². The number of nitrogens with one attached hydrogen (secondary N) is 2. The van der Waals surface area contributed by atoms with Gasteiger partial charge < -0.3 is 31.7 Å². The van der Waals surface area contributed by atoms with E-state index >= 15 is 0 Å². The number of carbonyl (C=O) groups is 4. The Balaban J connectivity index is 4.49. The van der Waals surface area contributed by atoms with Crippen molar-refractivity contribution in [2.45, 2.75) is 31.3 Å². The molecule has 0 aromatic heterocycles. The van der Waals surface area contributed by atoms with Crippen LogP contribution in [-0.4, -0.2) is 75.8 Å². The molecular weight excluding hydrogens is 342 g/mol. The van der Waals surface area contributed by atoms with E-state index in [1.807, 2.05) is 0 Å². The largest absolute Gasteiger partial charge is 0.480 e. The zero-order valence-electron chi connectivity index (χ0n) is 13.1. The Kier molecular flexibility index (Phi) is 11.6. The van der Waals surface area contributed by atoms with Crippen LogP contribution in [0.5, 0.6) is 0 Å². The lowest BCUT2D eigenvalue weighted by Crippen LogP contribution is -2.49. The smallest absolute Gasteiger partial charge is 0.322 e. The number of aliphatic carboxylic acids is 2. The van der Waals surface area contributed by atoms with Crippen LogP contribution < -0.4 is 16.4 Å². The van der Waals surface area contributed by atoms with Gasteiger partial charge >= 0.3 is 11.9 Å². The predicted octanol–water partition coefficient (Wildman–Crippen LogP) is -2.02. The summed E-state index contributed by atoms with van der Waals surface area (Å²) in [6.45, 7) is -0.571. The Hall–Kier alpha value is -1.85. The van der Waals surface area contributed by atoms with Crippen LogP contribution in [0.1, 0.15) is 19.3 Å². The van der Waals surface area contributed by atoms with Crippen molar-refractivity contribution in [2.75, 3.05) is 24.7 Å². The van der Waals surface area contributed by atoms with Crippen molar-refractivity contribution >= 4 is 35.5 Å². The van der Waals surface area contributed by atoms with Crippen molar-refractivity contribution in [2.24, 2.45) is 5.73 Å². The van der Waals surface area contributed by atoms with E-state index in [0.717, 1.165) is 0 Å². The highest BCUT2D eigenvalue weighted by atomic mass is 32.2. The van der Waals surface area contributed by atoms with Crippen molar-refractivity contribution < 1.29 is 34.5 Å². The highest BCUT2D eigenvalue weighted by Crippen LogP contribution is 2.06. The van der Waals surface area contributed by atoms with Crippen molar-refractivity contribution in [1.82, 2.24) is 10.6 Å². The molecule has 0 heterocycles. The summed E-state index contributed by atoms with van der Waals surface area (Å²) in [7, 11) is 0. The summed E-state index contributed by atoms with van der Waals surface area (Å²) in [5.74, 6) is -2.87. The van der Waals surface area contributed by atoms with E-state index in [-0.39, 0.29) is 25.2 Å². The number of thioether (sulfide) groups is 1. The van der Waals surface area contributed by atoms with Gasteiger partial charge in [0, 0.05) is 18.8 Å². The molecule has 0 aliphatic carbocycles. The zero-order chi connectivity index (χ0) is 18.5. The first-order valence-corrected chi connectivity index (χ1v) is 8.39. The molecule has 11 heteroatoms. The van der Waals surface area contributed by atoms with Gasteiger partial charge in [-0.05, 0) is 18.6 Å². The molecule has 0 rings (SSSR count). The van der Waals surface area contributed by atoms with E-state index in [0.29, 0.717) is 12.2 Å². The van der Waals surface area contributed by atoms with Crippen molar-refractivity contribution in [3.05, 3.63) is 0 Å². The number of hydrogen-bond acceptors (Lipinski definition) is 7. The lowest BCUT2D eigenvalue weighted by Gasteiger charge is -2.18. The third-order valence-corrected chi connectivity index (χ3v) is 3.94. The molecule has 0 fully saturated rings. The second kappa shape index (κ2) is 12.6. The van der Waals surface area contributed by atoms with Gasteiger partial charge in [-0.1, -0.05) is 0 Å². The van der Waals surface area contributed by atoms with E-state index in [1.54, 1.807) is 0 Å². The van der Waals surface area contributed by atoms with E-state index in [9.17, 15) is 19.2 Å². The highest BCUT2D eigenvalue weighted by Gasteiger charge is 2.22. The maximum atomic E-state index is 11.9. The average Bonchev–Trinajstić information content (AvgIpc) is 2.52.